The highest BCUT2D eigenvalue weighted by atomic mass is 32.2. The summed E-state index contributed by atoms with van der Waals surface area (Å²) in [5, 5.41) is 3.18. The summed E-state index contributed by atoms with van der Waals surface area (Å²) < 4.78 is 5.24. The number of para-hydroxylation sites is 2. The van der Waals surface area contributed by atoms with Crippen LogP contribution in [0, 0.1) is 20.8 Å². The lowest BCUT2D eigenvalue weighted by atomic mass is 10.2. The number of aromatic nitrogens is 2. The Morgan fingerprint density at radius 2 is 1.78 bits per heavy atom. The number of benzene rings is 1. The van der Waals surface area contributed by atoms with Gasteiger partial charge in [-0.3, -0.25) is 4.79 Å². The fourth-order valence-electron chi connectivity index (χ4n) is 1.99. The average molecular weight is 331 g/mol. The highest BCUT2D eigenvalue weighted by Crippen LogP contribution is 2.26. The third-order valence-electron chi connectivity index (χ3n) is 3.63. The lowest BCUT2D eigenvalue weighted by molar-refractivity contribution is -0.115. The van der Waals surface area contributed by atoms with E-state index in [2.05, 4.69) is 15.3 Å². The summed E-state index contributed by atoms with van der Waals surface area (Å²) in [5.74, 6) is 0.523. The first-order valence-electron chi connectivity index (χ1n) is 7.34. The van der Waals surface area contributed by atoms with Crippen molar-refractivity contribution in [3.8, 4) is 5.75 Å². The van der Waals surface area contributed by atoms with E-state index in [4.69, 9.17) is 4.74 Å². The minimum atomic E-state index is -0.318. The number of nitrogens with one attached hydrogen (secondary N) is 1. The van der Waals surface area contributed by atoms with Gasteiger partial charge in [-0.05, 0) is 45.4 Å². The number of thioether (sulfide) groups is 1. The van der Waals surface area contributed by atoms with E-state index in [-0.39, 0.29) is 11.2 Å². The Hall–Kier alpha value is -2.08. The maximum absolute atomic E-state index is 12.4. The molecule has 0 saturated heterocycles. The number of methoxy groups -OCH3 is 1. The highest BCUT2D eigenvalue weighted by molar-refractivity contribution is 8.00. The predicted octanol–water partition coefficient (Wildman–Crippen LogP) is 3.53. The average Bonchev–Trinajstić information content (AvgIpc) is 2.53. The molecule has 0 aliphatic carbocycles. The molecule has 0 bridgehead atoms. The maximum atomic E-state index is 12.4. The van der Waals surface area contributed by atoms with E-state index in [0.717, 1.165) is 17.0 Å². The third kappa shape index (κ3) is 4.22. The largest absolute Gasteiger partial charge is 0.495 e. The van der Waals surface area contributed by atoms with Crippen LogP contribution in [-0.4, -0.2) is 28.2 Å². The minimum absolute atomic E-state index is 0.112. The molecule has 1 heterocycles. The van der Waals surface area contributed by atoms with Crippen LogP contribution in [0.3, 0.4) is 0 Å². The van der Waals surface area contributed by atoms with E-state index >= 15 is 0 Å². The van der Waals surface area contributed by atoms with Crippen molar-refractivity contribution in [1.29, 1.82) is 0 Å². The monoisotopic (exact) mass is 331 g/mol. The normalized spacial score (nSPS) is 11.9. The van der Waals surface area contributed by atoms with Crippen molar-refractivity contribution < 1.29 is 9.53 Å². The lowest BCUT2D eigenvalue weighted by Gasteiger charge is -2.14. The van der Waals surface area contributed by atoms with Gasteiger partial charge in [0, 0.05) is 11.4 Å². The van der Waals surface area contributed by atoms with Crippen molar-refractivity contribution in [2.24, 2.45) is 0 Å². The second-order valence-electron chi connectivity index (χ2n) is 5.25. The number of anilines is 1. The van der Waals surface area contributed by atoms with Gasteiger partial charge in [0.05, 0.1) is 18.0 Å². The van der Waals surface area contributed by atoms with Crippen molar-refractivity contribution in [2.45, 2.75) is 38.1 Å². The van der Waals surface area contributed by atoms with E-state index in [1.807, 2.05) is 52.0 Å². The Morgan fingerprint density at radius 3 is 2.39 bits per heavy atom. The fraction of sp³-hybridized carbons (Fsp3) is 0.353. The van der Waals surface area contributed by atoms with Gasteiger partial charge in [-0.15, -0.1) is 0 Å². The number of nitrogens with zero attached hydrogens (tertiary/aromatic N) is 2. The molecule has 2 aromatic rings. The smallest absolute Gasteiger partial charge is 0.237 e. The van der Waals surface area contributed by atoms with Gasteiger partial charge in [-0.2, -0.15) is 0 Å². The van der Waals surface area contributed by atoms with Crippen LogP contribution in [0.15, 0.2) is 29.4 Å². The van der Waals surface area contributed by atoms with Crippen LogP contribution in [0.2, 0.25) is 0 Å². The molecule has 0 aliphatic heterocycles. The second-order valence-corrected chi connectivity index (χ2v) is 6.56. The van der Waals surface area contributed by atoms with Crippen molar-refractivity contribution in [2.75, 3.05) is 12.4 Å². The van der Waals surface area contributed by atoms with Crippen molar-refractivity contribution in [3.05, 3.63) is 41.2 Å². The molecule has 0 aliphatic rings. The van der Waals surface area contributed by atoms with Gasteiger partial charge in [0.1, 0.15) is 5.75 Å². The number of hydrogen-bond acceptors (Lipinski definition) is 5. The number of carbonyl (C=O) groups is 1. The molecule has 1 amide bonds. The summed E-state index contributed by atoms with van der Waals surface area (Å²) in [4.78, 5) is 21.3. The van der Waals surface area contributed by atoms with Crippen molar-refractivity contribution in [1.82, 2.24) is 9.97 Å². The van der Waals surface area contributed by atoms with Crippen LogP contribution >= 0.6 is 11.8 Å². The topological polar surface area (TPSA) is 64.1 Å². The highest BCUT2D eigenvalue weighted by Gasteiger charge is 2.18. The van der Waals surface area contributed by atoms with E-state index in [9.17, 15) is 4.79 Å². The first-order valence-corrected chi connectivity index (χ1v) is 8.22. The molecule has 0 fully saturated rings. The van der Waals surface area contributed by atoms with Gasteiger partial charge in [0.25, 0.3) is 0 Å². The summed E-state index contributed by atoms with van der Waals surface area (Å²) in [6.07, 6.45) is 0. The zero-order chi connectivity index (χ0) is 17.0. The first-order chi connectivity index (χ1) is 10.9. The molecular weight excluding hydrogens is 310 g/mol. The van der Waals surface area contributed by atoms with Crippen molar-refractivity contribution >= 4 is 23.4 Å². The van der Waals surface area contributed by atoms with E-state index < -0.39 is 0 Å². The standard InChI is InChI=1S/C17H21N3O2S/c1-10-11(2)18-17(19-12(10)3)23-13(4)16(21)20-14-8-6-7-9-15(14)22-5/h6-9,13H,1-5H3,(H,20,21)/t13-/m0/s1. The van der Waals surface area contributed by atoms with E-state index in [1.165, 1.54) is 11.8 Å². The molecule has 6 heteroatoms. The molecule has 1 aromatic heterocycles. The zero-order valence-electron chi connectivity index (χ0n) is 14.0. The summed E-state index contributed by atoms with van der Waals surface area (Å²) in [6.45, 7) is 7.74. The second kappa shape index (κ2) is 7.46. The predicted molar refractivity (Wildman–Crippen MR) is 93.2 cm³/mol. The number of aryl methyl sites for hydroxylation is 2. The molecule has 122 valence electrons. The molecule has 0 spiro atoms. The van der Waals surface area contributed by atoms with Crippen LogP contribution in [-0.2, 0) is 4.79 Å². The molecular formula is C17H21N3O2S. The molecule has 1 N–H and O–H groups in total. The van der Waals surface area contributed by atoms with Gasteiger partial charge in [-0.1, -0.05) is 23.9 Å². The number of amides is 1. The van der Waals surface area contributed by atoms with Gasteiger partial charge < -0.3 is 10.1 Å². The Morgan fingerprint density at radius 1 is 1.17 bits per heavy atom. The van der Waals surface area contributed by atoms with Crippen LogP contribution in [0.4, 0.5) is 5.69 Å². The van der Waals surface area contributed by atoms with Crippen LogP contribution < -0.4 is 10.1 Å². The molecule has 2 rings (SSSR count). The Balaban J connectivity index is 2.08. The SMILES string of the molecule is COc1ccccc1NC(=O)[C@H](C)Sc1nc(C)c(C)c(C)n1. The lowest BCUT2D eigenvalue weighted by Crippen LogP contribution is -2.23. The fourth-order valence-corrected chi connectivity index (χ4v) is 2.85. The molecule has 5 nitrogen and oxygen atoms in total. The quantitative estimate of drug-likeness (QED) is 0.671. The first kappa shape index (κ1) is 17.3. The molecule has 1 atom stereocenters. The van der Waals surface area contributed by atoms with Crippen molar-refractivity contribution in [3.63, 3.8) is 0 Å². The summed E-state index contributed by atoms with van der Waals surface area (Å²) in [7, 11) is 1.58. The number of ether oxygens (including phenoxy) is 1. The summed E-state index contributed by atoms with van der Waals surface area (Å²) >= 11 is 1.35. The molecule has 0 unspecified atom stereocenters. The Kier molecular flexibility index (Phi) is 5.60. The zero-order valence-corrected chi connectivity index (χ0v) is 14.8. The third-order valence-corrected chi connectivity index (χ3v) is 4.59. The number of rotatable bonds is 5. The summed E-state index contributed by atoms with van der Waals surface area (Å²) in [6, 6.07) is 7.33. The van der Waals surface area contributed by atoms with Gasteiger partial charge >= 0.3 is 0 Å². The Bertz CT molecular complexity index is 696. The van der Waals surface area contributed by atoms with Crippen LogP contribution in [0.25, 0.3) is 0 Å². The van der Waals surface area contributed by atoms with Gasteiger partial charge in [-0.25, -0.2) is 9.97 Å². The summed E-state index contributed by atoms with van der Waals surface area (Å²) in [5.41, 5.74) is 3.62. The minimum Gasteiger partial charge on any atom is -0.495 e. The molecule has 1 aromatic carbocycles. The molecule has 23 heavy (non-hydrogen) atoms. The number of carbonyl (C=O) groups excluding carboxylic acids is 1. The van der Waals surface area contributed by atoms with Gasteiger partial charge in [0.2, 0.25) is 5.91 Å². The Labute approximate surface area is 140 Å². The molecule has 0 radical (unpaired) electrons. The van der Waals surface area contributed by atoms with Gasteiger partial charge in [0.15, 0.2) is 5.16 Å². The van der Waals surface area contributed by atoms with E-state index in [0.29, 0.717) is 16.6 Å². The van der Waals surface area contributed by atoms with Crippen LogP contribution in [0.1, 0.15) is 23.9 Å². The molecule has 0 saturated carbocycles. The van der Waals surface area contributed by atoms with E-state index in [1.54, 1.807) is 7.11 Å². The maximum Gasteiger partial charge on any atom is 0.237 e. The van der Waals surface area contributed by atoms with Crippen LogP contribution in [0.5, 0.6) is 5.75 Å². The number of hydrogen-bond donors (Lipinski definition) is 1.